The highest BCUT2D eigenvalue weighted by Crippen LogP contribution is 2.33. The number of fused-ring (bicyclic) bond motifs is 2. The first-order valence-electron chi connectivity index (χ1n) is 29.0. The lowest BCUT2D eigenvalue weighted by Gasteiger charge is -2.16. The minimum absolute atomic E-state index is 0.00568. The molecule has 4 rings (SSSR count). The highest BCUT2D eigenvalue weighted by Gasteiger charge is 2.42. The highest BCUT2D eigenvalue weighted by molar-refractivity contribution is 8.00. The zero-order valence-electron chi connectivity index (χ0n) is 47.7. The summed E-state index contributed by atoms with van der Waals surface area (Å²) in [6.45, 7) is 8.52. The Morgan fingerprint density at radius 3 is 1.44 bits per heavy atom. The Morgan fingerprint density at radius 1 is 0.500 bits per heavy atom. The monoisotopic (exact) mass is 1200 g/mol. The number of nitrogens with zero attached hydrogens (tertiary/aromatic N) is 1. The number of rotatable bonds is 52. The van der Waals surface area contributed by atoms with E-state index in [4.69, 9.17) is 37.9 Å². The van der Waals surface area contributed by atoms with E-state index in [0.717, 1.165) is 63.5 Å². The number of sulfonamides is 1. The number of hydrogen-bond acceptors (Lipinski definition) is 18. The number of unbranched alkanes of at least 4 members (excludes halogenated alkanes) is 5. The number of aromatic nitrogens is 1. The minimum atomic E-state index is -3.80. The third-order valence-electron chi connectivity index (χ3n) is 12.9. The molecule has 3 atom stereocenters. The van der Waals surface area contributed by atoms with Gasteiger partial charge in [0.2, 0.25) is 39.6 Å². The number of thioether (sulfide) groups is 1. The zero-order valence-corrected chi connectivity index (χ0v) is 49.3. The van der Waals surface area contributed by atoms with Crippen molar-refractivity contribution in [3.8, 4) is 0 Å². The summed E-state index contributed by atoms with van der Waals surface area (Å²) in [4.78, 5) is 76.4. The highest BCUT2D eigenvalue weighted by atomic mass is 32.2. The summed E-state index contributed by atoms with van der Waals surface area (Å²) in [5.74, 6) is 0.371. The quantitative estimate of drug-likeness (QED) is 0.0346. The number of benzene rings is 1. The number of carbonyl (C=O) groups excluding carboxylic acids is 6. The summed E-state index contributed by atoms with van der Waals surface area (Å²) in [7, 11) is -3.80. The second kappa shape index (κ2) is 44.7. The molecule has 0 radical (unpaired) electrons. The van der Waals surface area contributed by atoms with E-state index in [1.807, 2.05) is 11.8 Å². The van der Waals surface area contributed by atoms with Crippen LogP contribution in [-0.4, -0.2) is 217 Å². The number of pyridine rings is 1. The van der Waals surface area contributed by atoms with E-state index in [9.17, 15) is 37.2 Å². The Bertz CT molecular complexity index is 2240. The van der Waals surface area contributed by atoms with Gasteiger partial charge in [0, 0.05) is 106 Å². The fourth-order valence-electron chi connectivity index (χ4n) is 8.53. The second-order valence-corrected chi connectivity index (χ2v) is 22.4. The van der Waals surface area contributed by atoms with Gasteiger partial charge in [-0.05, 0) is 50.7 Å². The number of ether oxygens (including phenoxy) is 8. The number of amides is 7. The molecule has 7 amide bonds. The normalized spacial score (nSPS) is 15.7. The third-order valence-corrected chi connectivity index (χ3v) is 15.9. The fraction of sp³-hybridized carbons (Fsp3) is 0.727. The van der Waals surface area contributed by atoms with Gasteiger partial charge in [0.25, 0.3) is 0 Å². The van der Waals surface area contributed by atoms with Gasteiger partial charge in [-0.2, -0.15) is 11.8 Å². The maximum atomic E-state index is 12.8. The first kappa shape index (κ1) is 69.7. The molecule has 0 aliphatic carbocycles. The number of urea groups is 1. The van der Waals surface area contributed by atoms with Crippen LogP contribution in [0.5, 0.6) is 0 Å². The van der Waals surface area contributed by atoms with Crippen LogP contribution >= 0.6 is 11.8 Å². The molecule has 0 saturated carbocycles. The Balaban J connectivity index is 0.756. The molecule has 2 saturated heterocycles. The topological polar surface area (TPSA) is 320 Å². The standard InChI is InChI=1S/C55H91N9O16S2/c65-49(13-3-1-7-20-58-50(66)15-6-5-11-47-54-46(43-81-47)63-55(70)64-54)57-19-8-2-4-14-51(67)60-24-26-73-28-30-75-32-34-77-36-38-79-40-41-80-39-37-78-35-33-76-31-29-74-27-25-61-53(69)17-16-52(68)59-22-23-62-82(71,72)48-12-9-10-44-42-56-21-18-45(44)48/h9-10,12,18,21,42,46-47,54,62H,1-8,11,13-17,19-20,22-41,43H2,(H,57,65)(H,58,66)(H,59,68)(H,60,67)(H,61,69)(H2,63,64,70)/t46-,47-,54-/m0/s1. The molecule has 2 aliphatic heterocycles. The molecule has 464 valence electrons. The molecule has 0 bridgehead atoms. The van der Waals surface area contributed by atoms with Crippen molar-refractivity contribution in [2.24, 2.45) is 0 Å². The first-order valence-corrected chi connectivity index (χ1v) is 31.5. The molecule has 1 aromatic heterocycles. The van der Waals surface area contributed by atoms with Crippen LogP contribution in [0.25, 0.3) is 10.8 Å². The van der Waals surface area contributed by atoms with Gasteiger partial charge >= 0.3 is 6.03 Å². The van der Waals surface area contributed by atoms with Crippen LogP contribution in [0.4, 0.5) is 4.79 Å². The molecule has 25 nitrogen and oxygen atoms in total. The van der Waals surface area contributed by atoms with Crippen molar-refractivity contribution in [3.05, 3.63) is 36.7 Å². The zero-order chi connectivity index (χ0) is 58.6. The van der Waals surface area contributed by atoms with Gasteiger partial charge in [-0.15, -0.1) is 0 Å². The van der Waals surface area contributed by atoms with E-state index in [-0.39, 0.29) is 91.6 Å². The predicted molar refractivity (Wildman–Crippen MR) is 309 cm³/mol. The molecule has 8 N–H and O–H groups in total. The van der Waals surface area contributed by atoms with E-state index in [2.05, 4.69) is 46.9 Å². The predicted octanol–water partition coefficient (Wildman–Crippen LogP) is 1.85. The lowest BCUT2D eigenvalue weighted by molar-refractivity contribution is -0.126. The Kier molecular flexibility index (Phi) is 38.0. The maximum Gasteiger partial charge on any atom is 0.315 e. The molecular formula is C55H91N9O16S2. The largest absolute Gasteiger partial charge is 0.377 e. The van der Waals surface area contributed by atoms with Crippen molar-refractivity contribution in [1.82, 2.24) is 46.9 Å². The molecule has 2 fully saturated rings. The van der Waals surface area contributed by atoms with E-state index in [0.29, 0.717) is 154 Å². The van der Waals surface area contributed by atoms with E-state index >= 15 is 0 Å². The molecular weight excluding hydrogens is 1110 g/mol. The molecule has 2 aromatic rings. The number of nitrogens with one attached hydrogen (secondary N) is 8. The first-order chi connectivity index (χ1) is 40.0. The van der Waals surface area contributed by atoms with Crippen LogP contribution in [0.3, 0.4) is 0 Å². The second-order valence-electron chi connectivity index (χ2n) is 19.4. The van der Waals surface area contributed by atoms with Crippen LogP contribution in [0.2, 0.25) is 0 Å². The van der Waals surface area contributed by atoms with Gasteiger partial charge in [-0.1, -0.05) is 31.4 Å². The van der Waals surface area contributed by atoms with Gasteiger partial charge in [-0.3, -0.25) is 29.0 Å². The summed E-state index contributed by atoms with van der Waals surface area (Å²) in [5.41, 5.74) is 0. The van der Waals surface area contributed by atoms with Crippen LogP contribution in [0, 0.1) is 0 Å². The Labute approximate surface area is 487 Å². The minimum Gasteiger partial charge on any atom is -0.377 e. The van der Waals surface area contributed by atoms with Crippen LogP contribution in [0.15, 0.2) is 41.6 Å². The molecule has 82 heavy (non-hydrogen) atoms. The molecule has 1 aromatic carbocycles. The molecule has 2 aliphatic rings. The SMILES string of the molecule is O=C(CCCCCNC(=O)CCCC[C@@H]1SC[C@@H]2NC(=O)N[C@@H]21)NCCCCCC(=O)NCCOCCOCCOCCOCCOCCOCCOCCOCCNC(=O)CCC(=O)NCCNS(=O)(=O)c1cccc2cnccc12. The Morgan fingerprint density at radius 2 is 0.939 bits per heavy atom. The van der Waals surface area contributed by atoms with Crippen LogP contribution < -0.4 is 41.9 Å². The van der Waals surface area contributed by atoms with Crippen molar-refractivity contribution in [3.63, 3.8) is 0 Å². The van der Waals surface area contributed by atoms with Crippen molar-refractivity contribution in [1.29, 1.82) is 0 Å². The third kappa shape index (κ3) is 32.9. The van der Waals surface area contributed by atoms with Gasteiger partial charge < -0.3 is 75.1 Å². The molecule has 0 unspecified atom stereocenters. The summed E-state index contributed by atoms with van der Waals surface area (Å²) in [5, 5.41) is 21.7. The van der Waals surface area contributed by atoms with E-state index in [1.165, 1.54) is 12.3 Å². The number of carbonyl (C=O) groups is 6. The Hall–Kier alpha value is -4.81. The van der Waals surface area contributed by atoms with Gasteiger partial charge in [0.05, 0.1) is 123 Å². The average Bonchev–Trinajstić information content (AvgIpc) is 4.07. The number of hydrogen-bond donors (Lipinski definition) is 8. The van der Waals surface area contributed by atoms with Crippen molar-refractivity contribution >= 4 is 68.1 Å². The summed E-state index contributed by atoms with van der Waals surface area (Å²) in [6.07, 6.45) is 12.2. The fourth-order valence-corrected chi connectivity index (χ4v) is 11.3. The molecule has 3 heterocycles. The van der Waals surface area contributed by atoms with Crippen LogP contribution in [0.1, 0.15) is 89.9 Å². The van der Waals surface area contributed by atoms with Crippen molar-refractivity contribution < 1.29 is 75.1 Å². The average molecular weight is 1200 g/mol. The van der Waals surface area contributed by atoms with E-state index in [1.54, 1.807) is 24.4 Å². The van der Waals surface area contributed by atoms with Crippen molar-refractivity contribution in [2.45, 2.75) is 112 Å². The summed E-state index contributed by atoms with van der Waals surface area (Å²) < 4.78 is 72.0. The van der Waals surface area contributed by atoms with Crippen LogP contribution in [-0.2, 0) is 71.9 Å². The summed E-state index contributed by atoms with van der Waals surface area (Å²) in [6, 6.07) is 6.93. The van der Waals surface area contributed by atoms with Gasteiger partial charge in [0.15, 0.2) is 0 Å². The summed E-state index contributed by atoms with van der Waals surface area (Å²) >= 11 is 1.89. The smallest absolute Gasteiger partial charge is 0.315 e. The molecule has 27 heteroatoms. The van der Waals surface area contributed by atoms with Crippen molar-refractivity contribution in [2.75, 3.05) is 151 Å². The lowest BCUT2D eigenvalue weighted by Crippen LogP contribution is -2.36. The van der Waals surface area contributed by atoms with Gasteiger partial charge in [-0.25, -0.2) is 17.9 Å². The maximum absolute atomic E-state index is 12.8. The molecule has 0 spiro atoms. The van der Waals surface area contributed by atoms with E-state index < -0.39 is 10.0 Å². The lowest BCUT2D eigenvalue weighted by atomic mass is 10.0. The van der Waals surface area contributed by atoms with Gasteiger partial charge in [0.1, 0.15) is 0 Å².